The quantitative estimate of drug-likeness (QED) is 0.680. The number of benzene rings is 1. The minimum absolute atomic E-state index is 0.860. The van der Waals surface area contributed by atoms with E-state index in [0.29, 0.717) is 0 Å². The molecule has 1 rings (SSSR count). The molecular formula is C14H18OSi. The van der Waals surface area contributed by atoms with Crippen molar-refractivity contribution in [2.75, 3.05) is 7.11 Å². The minimum Gasteiger partial charge on any atom is -0.412 e. The van der Waals surface area contributed by atoms with Crippen molar-refractivity contribution >= 4 is 14.4 Å². The highest BCUT2D eigenvalue weighted by Crippen LogP contribution is 2.19. The van der Waals surface area contributed by atoms with Gasteiger partial charge < -0.3 is 4.43 Å². The number of rotatable bonds is 6. The highest BCUT2D eigenvalue weighted by Gasteiger charge is 2.27. The van der Waals surface area contributed by atoms with Gasteiger partial charge in [-0.2, -0.15) is 0 Å². The molecule has 1 aromatic carbocycles. The van der Waals surface area contributed by atoms with Gasteiger partial charge in [0.15, 0.2) is 0 Å². The summed E-state index contributed by atoms with van der Waals surface area (Å²) in [4.78, 5) is 0. The van der Waals surface area contributed by atoms with E-state index < -0.39 is 8.32 Å². The van der Waals surface area contributed by atoms with Crippen LogP contribution < -0.4 is 0 Å². The first-order valence-corrected chi connectivity index (χ1v) is 7.51. The normalized spacial score (nSPS) is 10.8. The number of hydrogen-bond donors (Lipinski definition) is 0. The SMILES string of the molecule is C=Cc1ccccc1C[Si](C=C)(C=C)OC. The molecule has 0 unspecified atom stereocenters. The average molecular weight is 230 g/mol. The first-order chi connectivity index (χ1) is 7.71. The fraction of sp³-hybridized carbons (Fsp3) is 0.143. The Balaban J connectivity index is 3.06. The first-order valence-electron chi connectivity index (χ1n) is 5.24. The molecule has 0 aliphatic rings. The van der Waals surface area contributed by atoms with E-state index in [9.17, 15) is 0 Å². The molecule has 0 saturated heterocycles. The van der Waals surface area contributed by atoms with Crippen molar-refractivity contribution in [3.8, 4) is 0 Å². The molecule has 0 bridgehead atoms. The van der Waals surface area contributed by atoms with Gasteiger partial charge in [0.2, 0.25) is 8.32 Å². The first kappa shape index (κ1) is 12.7. The van der Waals surface area contributed by atoms with E-state index in [1.807, 2.05) is 29.6 Å². The van der Waals surface area contributed by atoms with E-state index in [1.165, 1.54) is 5.56 Å². The van der Waals surface area contributed by atoms with Crippen molar-refractivity contribution in [3.63, 3.8) is 0 Å². The smallest absolute Gasteiger partial charge is 0.244 e. The van der Waals surface area contributed by atoms with Crippen molar-refractivity contribution in [2.45, 2.75) is 6.04 Å². The summed E-state index contributed by atoms with van der Waals surface area (Å²) in [5, 5.41) is 0. The van der Waals surface area contributed by atoms with Crippen molar-refractivity contribution in [3.05, 3.63) is 66.5 Å². The Bertz CT molecular complexity index is 387. The van der Waals surface area contributed by atoms with Crippen LogP contribution in [0, 0.1) is 0 Å². The van der Waals surface area contributed by atoms with Crippen LogP contribution in [0.2, 0.25) is 0 Å². The van der Waals surface area contributed by atoms with Crippen LogP contribution in [0.3, 0.4) is 0 Å². The topological polar surface area (TPSA) is 9.23 Å². The average Bonchev–Trinajstić information content (AvgIpc) is 2.36. The maximum atomic E-state index is 5.61. The van der Waals surface area contributed by atoms with E-state index in [1.54, 1.807) is 7.11 Å². The molecule has 0 radical (unpaired) electrons. The monoisotopic (exact) mass is 230 g/mol. The molecule has 0 aromatic heterocycles. The Morgan fingerprint density at radius 3 is 2.31 bits per heavy atom. The molecule has 0 aliphatic carbocycles. The van der Waals surface area contributed by atoms with Crippen LogP contribution >= 0.6 is 0 Å². The summed E-state index contributed by atoms with van der Waals surface area (Å²) < 4.78 is 5.61. The Morgan fingerprint density at radius 1 is 1.19 bits per heavy atom. The van der Waals surface area contributed by atoms with Gasteiger partial charge in [-0.05, 0) is 17.2 Å². The van der Waals surface area contributed by atoms with Crippen LogP contribution in [0.1, 0.15) is 11.1 Å². The van der Waals surface area contributed by atoms with Gasteiger partial charge in [-0.15, -0.1) is 13.2 Å². The third-order valence-electron chi connectivity index (χ3n) is 2.81. The molecule has 0 saturated carbocycles. The molecular weight excluding hydrogens is 212 g/mol. The van der Waals surface area contributed by atoms with Crippen LogP contribution in [0.15, 0.2) is 55.4 Å². The van der Waals surface area contributed by atoms with Gasteiger partial charge in [0.1, 0.15) is 0 Å². The minimum atomic E-state index is -2.03. The Kier molecular flexibility index (Phi) is 4.47. The largest absolute Gasteiger partial charge is 0.412 e. The standard InChI is InChI=1S/C14H18OSi/c1-5-13-10-8-9-11-14(13)12-16(6-2,7-3)15-4/h5-11H,1-3,12H2,4H3. The van der Waals surface area contributed by atoms with Gasteiger partial charge in [0.25, 0.3) is 0 Å². The summed E-state index contributed by atoms with van der Waals surface area (Å²) in [7, 11) is -0.298. The lowest BCUT2D eigenvalue weighted by Crippen LogP contribution is -2.36. The lowest BCUT2D eigenvalue weighted by Gasteiger charge is -2.22. The van der Waals surface area contributed by atoms with Crippen LogP contribution in [0.5, 0.6) is 0 Å². The molecule has 0 spiro atoms. The molecule has 0 fully saturated rings. The molecule has 0 N–H and O–H groups in total. The van der Waals surface area contributed by atoms with Gasteiger partial charge in [-0.25, -0.2) is 0 Å². The summed E-state index contributed by atoms with van der Waals surface area (Å²) in [6.07, 6.45) is 1.87. The molecule has 0 heterocycles. The zero-order valence-electron chi connectivity index (χ0n) is 9.78. The molecule has 0 atom stereocenters. The summed E-state index contributed by atoms with van der Waals surface area (Å²) >= 11 is 0. The fourth-order valence-corrected chi connectivity index (χ4v) is 3.51. The molecule has 1 nitrogen and oxygen atoms in total. The predicted octanol–water partition coefficient (Wildman–Crippen LogP) is 3.45. The second-order valence-corrected chi connectivity index (χ2v) is 7.14. The molecule has 84 valence electrons. The van der Waals surface area contributed by atoms with Gasteiger partial charge in [0, 0.05) is 7.11 Å². The Hall–Kier alpha value is -1.38. The summed E-state index contributed by atoms with van der Waals surface area (Å²) in [6, 6.07) is 9.06. The Labute approximate surface area is 98.9 Å². The molecule has 16 heavy (non-hydrogen) atoms. The molecule has 0 amide bonds. The lowest BCUT2D eigenvalue weighted by molar-refractivity contribution is 0.413. The van der Waals surface area contributed by atoms with E-state index in [-0.39, 0.29) is 0 Å². The van der Waals surface area contributed by atoms with Gasteiger partial charge in [-0.1, -0.05) is 48.3 Å². The van der Waals surface area contributed by atoms with Crippen molar-refractivity contribution < 1.29 is 4.43 Å². The van der Waals surface area contributed by atoms with Crippen molar-refractivity contribution in [1.29, 1.82) is 0 Å². The summed E-state index contributed by atoms with van der Waals surface area (Å²) in [6.45, 7) is 11.6. The van der Waals surface area contributed by atoms with E-state index in [0.717, 1.165) is 11.6 Å². The predicted molar refractivity (Wildman–Crippen MR) is 73.4 cm³/mol. The highest BCUT2D eigenvalue weighted by molar-refractivity contribution is 6.82. The summed E-state index contributed by atoms with van der Waals surface area (Å²) in [5.41, 5.74) is 6.23. The van der Waals surface area contributed by atoms with Crippen LogP contribution in [0.4, 0.5) is 0 Å². The highest BCUT2D eigenvalue weighted by atomic mass is 28.4. The third kappa shape index (κ3) is 2.59. The van der Waals surface area contributed by atoms with Crippen LogP contribution in [-0.4, -0.2) is 15.4 Å². The zero-order valence-corrected chi connectivity index (χ0v) is 10.8. The third-order valence-corrected chi connectivity index (χ3v) is 5.89. The maximum Gasteiger partial charge on any atom is 0.244 e. The fourth-order valence-electron chi connectivity index (χ4n) is 1.66. The summed E-state index contributed by atoms with van der Waals surface area (Å²) in [5.74, 6) is 0. The van der Waals surface area contributed by atoms with Crippen LogP contribution in [0.25, 0.3) is 6.08 Å². The van der Waals surface area contributed by atoms with Gasteiger partial charge >= 0.3 is 0 Å². The Morgan fingerprint density at radius 2 is 1.81 bits per heavy atom. The van der Waals surface area contributed by atoms with E-state index >= 15 is 0 Å². The van der Waals surface area contributed by atoms with Gasteiger partial charge in [-0.3, -0.25) is 0 Å². The van der Waals surface area contributed by atoms with E-state index in [2.05, 4.69) is 31.9 Å². The van der Waals surface area contributed by atoms with Crippen molar-refractivity contribution in [1.82, 2.24) is 0 Å². The maximum absolute atomic E-state index is 5.61. The second kappa shape index (κ2) is 5.63. The second-order valence-electron chi connectivity index (χ2n) is 3.65. The number of hydrogen-bond acceptors (Lipinski definition) is 1. The van der Waals surface area contributed by atoms with E-state index in [4.69, 9.17) is 4.43 Å². The van der Waals surface area contributed by atoms with Crippen LogP contribution in [-0.2, 0) is 10.5 Å². The zero-order chi connectivity index (χ0) is 12.0. The molecule has 1 aromatic rings. The van der Waals surface area contributed by atoms with Crippen molar-refractivity contribution in [2.24, 2.45) is 0 Å². The lowest BCUT2D eigenvalue weighted by atomic mass is 10.1. The molecule has 0 aliphatic heterocycles. The molecule has 2 heteroatoms. The van der Waals surface area contributed by atoms with Gasteiger partial charge in [0.05, 0.1) is 0 Å².